The highest BCUT2D eigenvalue weighted by molar-refractivity contribution is 9.12. The molecule has 2 N–H and O–H groups in total. The van der Waals surface area contributed by atoms with Crippen molar-refractivity contribution >= 4 is 67.6 Å². The molecule has 1 atom stereocenters. The van der Waals surface area contributed by atoms with Gasteiger partial charge in [0.05, 0.1) is 14.2 Å². The molecule has 10 heteroatoms. The molecule has 6 nitrogen and oxygen atoms in total. The number of thiophene rings is 1. The van der Waals surface area contributed by atoms with Gasteiger partial charge in [-0.3, -0.25) is 14.3 Å². The van der Waals surface area contributed by atoms with Crippen molar-refractivity contribution in [1.82, 2.24) is 10.0 Å². The summed E-state index contributed by atoms with van der Waals surface area (Å²) in [6, 6.07) is 1.68. The number of hydrogen-bond donors (Lipinski definition) is 2. The molecule has 0 fully saturated rings. The van der Waals surface area contributed by atoms with Gasteiger partial charge in [-0.2, -0.15) is 0 Å². The van der Waals surface area contributed by atoms with E-state index in [2.05, 4.69) is 46.6 Å². The minimum Gasteiger partial charge on any atom is -0.465 e. The highest BCUT2D eigenvalue weighted by Crippen LogP contribution is 2.36. The Morgan fingerprint density at radius 3 is 2.44 bits per heavy atom. The second-order valence-electron chi connectivity index (χ2n) is 5.56. The third-order valence-corrected chi connectivity index (χ3v) is 6.00. The van der Waals surface area contributed by atoms with Gasteiger partial charge in [0, 0.05) is 11.4 Å². The van der Waals surface area contributed by atoms with Gasteiger partial charge in [0.15, 0.2) is 0 Å². The number of carbonyl (C=O) groups excluding carboxylic acids is 2. The van der Waals surface area contributed by atoms with Crippen molar-refractivity contribution in [3.05, 3.63) is 13.6 Å². The van der Waals surface area contributed by atoms with Crippen LogP contribution in [0, 0.1) is 0 Å². The maximum atomic E-state index is 11.5. The molecule has 0 spiro atoms. The lowest BCUT2D eigenvalue weighted by molar-refractivity contribution is -0.145. The molecular formula is C15H24Br2N2O4S2. The van der Waals surface area contributed by atoms with Crippen LogP contribution in [0.5, 0.6) is 0 Å². The summed E-state index contributed by atoms with van der Waals surface area (Å²) in [6.45, 7) is 8.62. The van der Waals surface area contributed by atoms with Crippen LogP contribution in [0.1, 0.15) is 27.7 Å². The SMILES string of the molecule is CC(C)(C)OC=O.CCOC(=O)C(CNSc1cc(Br)sc1Br)NC. The summed E-state index contributed by atoms with van der Waals surface area (Å²) in [5, 5.41) is 2.92. The van der Waals surface area contributed by atoms with E-state index in [9.17, 15) is 9.59 Å². The Morgan fingerprint density at radius 1 is 1.44 bits per heavy atom. The Balaban J connectivity index is 0.000000697. The minimum atomic E-state index is -0.335. The Kier molecular flexibility index (Phi) is 13.0. The van der Waals surface area contributed by atoms with Gasteiger partial charge < -0.3 is 14.8 Å². The number of carbonyl (C=O) groups is 2. The fourth-order valence-corrected chi connectivity index (χ4v) is 5.18. The summed E-state index contributed by atoms with van der Waals surface area (Å²) in [5.74, 6) is -0.237. The van der Waals surface area contributed by atoms with Gasteiger partial charge in [-0.15, -0.1) is 11.3 Å². The summed E-state index contributed by atoms with van der Waals surface area (Å²) in [7, 11) is 1.74. The first-order chi connectivity index (χ1) is 11.6. The number of likely N-dealkylation sites (N-methyl/N-ethyl adjacent to an activating group) is 1. The first-order valence-corrected chi connectivity index (χ1v) is 10.7. The van der Waals surface area contributed by atoms with Crippen molar-refractivity contribution in [1.29, 1.82) is 0 Å². The van der Waals surface area contributed by atoms with Gasteiger partial charge in [-0.25, -0.2) is 0 Å². The van der Waals surface area contributed by atoms with Crippen LogP contribution in [0.25, 0.3) is 0 Å². The minimum absolute atomic E-state index is 0.237. The van der Waals surface area contributed by atoms with Crippen molar-refractivity contribution in [3.63, 3.8) is 0 Å². The summed E-state index contributed by atoms with van der Waals surface area (Å²) in [4.78, 5) is 22.2. The van der Waals surface area contributed by atoms with Crippen LogP contribution in [-0.2, 0) is 19.1 Å². The first-order valence-electron chi connectivity index (χ1n) is 7.44. The molecule has 1 rings (SSSR count). The van der Waals surface area contributed by atoms with E-state index < -0.39 is 0 Å². The number of rotatable bonds is 8. The normalized spacial score (nSPS) is 12.0. The molecule has 144 valence electrons. The van der Waals surface area contributed by atoms with Crippen molar-refractivity contribution in [2.75, 3.05) is 20.2 Å². The van der Waals surface area contributed by atoms with Crippen LogP contribution >= 0.6 is 55.1 Å². The third kappa shape index (κ3) is 12.0. The molecule has 0 aliphatic rings. The van der Waals surface area contributed by atoms with Gasteiger partial charge in [0.2, 0.25) is 0 Å². The van der Waals surface area contributed by atoms with Crippen LogP contribution in [0.15, 0.2) is 18.5 Å². The number of nitrogens with one attached hydrogen (secondary N) is 2. The second-order valence-corrected chi connectivity index (χ2v) is 10.2. The quantitative estimate of drug-likeness (QED) is 0.305. The molecule has 0 amide bonds. The van der Waals surface area contributed by atoms with Gasteiger partial charge in [-0.05, 0) is 84.6 Å². The summed E-state index contributed by atoms with van der Waals surface area (Å²) in [6.07, 6.45) is 0. The van der Waals surface area contributed by atoms with Crippen molar-refractivity contribution in [2.45, 2.75) is 44.2 Å². The summed E-state index contributed by atoms with van der Waals surface area (Å²) in [5.41, 5.74) is -0.318. The number of esters is 1. The molecule has 0 saturated carbocycles. The van der Waals surface area contributed by atoms with Crippen molar-refractivity contribution in [3.8, 4) is 0 Å². The zero-order valence-corrected chi connectivity index (χ0v) is 19.7. The fraction of sp³-hybridized carbons (Fsp3) is 0.600. The lowest BCUT2D eigenvalue weighted by Gasteiger charge is -2.14. The number of ether oxygens (including phenoxy) is 2. The standard InChI is InChI=1S/C10H14Br2N2O2S2.C5H10O2/c1-3-16-10(15)6(13-2)5-14-18-7-4-8(11)17-9(7)12;1-5(2,3)7-4-6/h4,6,13-14H,3,5H2,1-2H3;4H,1-3H3. The van der Waals surface area contributed by atoms with E-state index in [1.807, 2.05) is 26.8 Å². The fourth-order valence-electron chi connectivity index (χ4n) is 1.29. The molecule has 0 aromatic carbocycles. The average molecular weight is 520 g/mol. The summed E-state index contributed by atoms with van der Waals surface area (Å²) >= 11 is 9.99. The molecule has 1 aromatic heterocycles. The van der Waals surface area contributed by atoms with Gasteiger partial charge in [0.25, 0.3) is 6.47 Å². The van der Waals surface area contributed by atoms with Crippen LogP contribution < -0.4 is 10.0 Å². The zero-order chi connectivity index (χ0) is 19.5. The molecule has 0 saturated heterocycles. The predicted octanol–water partition coefficient (Wildman–Crippen LogP) is 3.98. The highest BCUT2D eigenvalue weighted by Gasteiger charge is 2.17. The monoisotopic (exact) mass is 518 g/mol. The lowest BCUT2D eigenvalue weighted by atomic mass is 10.2. The summed E-state index contributed by atoms with van der Waals surface area (Å²) < 4.78 is 14.8. The van der Waals surface area contributed by atoms with E-state index in [0.717, 1.165) is 12.5 Å². The van der Waals surface area contributed by atoms with E-state index >= 15 is 0 Å². The first kappa shape index (κ1) is 24.9. The van der Waals surface area contributed by atoms with E-state index in [-0.39, 0.29) is 17.6 Å². The Labute approximate surface area is 174 Å². The average Bonchev–Trinajstić information content (AvgIpc) is 2.81. The molecule has 0 bridgehead atoms. The lowest BCUT2D eigenvalue weighted by Crippen LogP contribution is -2.42. The number of halogens is 2. The molecule has 1 heterocycles. The maximum Gasteiger partial charge on any atom is 0.324 e. The predicted molar refractivity (Wildman–Crippen MR) is 110 cm³/mol. The maximum absolute atomic E-state index is 11.5. The van der Waals surface area contributed by atoms with Crippen LogP contribution in [0.4, 0.5) is 0 Å². The Bertz CT molecular complexity index is 536. The van der Waals surface area contributed by atoms with Gasteiger partial charge >= 0.3 is 5.97 Å². The Morgan fingerprint density at radius 2 is 2.08 bits per heavy atom. The van der Waals surface area contributed by atoms with E-state index in [1.165, 1.54) is 11.9 Å². The molecule has 0 radical (unpaired) electrons. The molecule has 0 aliphatic carbocycles. The number of hydrogen-bond acceptors (Lipinski definition) is 8. The van der Waals surface area contributed by atoms with E-state index in [4.69, 9.17) is 4.74 Å². The smallest absolute Gasteiger partial charge is 0.324 e. The molecular weight excluding hydrogens is 496 g/mol. The van der Waals surface area contributed by atoms with E-state index in [0.29, 0.717) is 19.6 Å². The van der Waals surface area contributed by atoms with Crippen molar-refractivity contribution < 1.29 is 19.1 Å². The molecule has 1 aromatic rings. The largest absolute Gasteiger partial charge is 0.465 e. The van der Waals surface area contributed by atoms with Crippen LogP contribution in [0.3, 0.4) is 0 Å². The van der Waals surface area contributed by atoms with Crippen molar-refractivity contribution in [2.24, 2.45) is 0 Å². The third-order valence-electron chi connectivity index (χ3n) is 2.42. The Hall–Kier alpha value is -0.130. The van der Waals surface area contributed by atoms with Crippen LogP contribution in [-0.4, -0.2) is 44.3 Å². The van der Waals surface area contributed by atoms with Gasteiger partial charge in [0.1, 0.15) is 11.6 Å². The van der Waals surface area contributed by atoms with Crippen LogP contribution in [0.2, 0.25) is 0 Å². The highest BCUT2D eigenvalue weighted by atomic mass is 79.9. The molecule has 25 heavy (non-hydrogen) atoms. The van der Waals surface area contributed by atoms with E-state index in [1.54, 1.807) is 25.3 Å². The molecule has 1 unspecified atom stereocenters. The molecule has 0 aliphatic heterocycles. The zero-order valence-electron chi connectivity index (χ0n) is 14.9. The van der Waals surface area contributed by atoms with Gasteiger partial charge in [-0.1, -0.05) is 0 Å². The topological polar surface area (TPSA) is 76.7 Å². The second kappa shape index (κ2) is 13.1.